The summed E-state index contributed by atoms with van der Waals surface area (Å²) in [6, 6.07) is 0.894. The highest BCUT2D eigenvalue weighted by Gasteiger charge is 2.23. The summed E-state index contributed by atoms with van der Waals surface area (Å²) in [4.78, 5) is 4.02. The average molecular weight is 283 g/mol. The van der Waals surface area contributed by atoms with E-state index in [0.717, 1.165) is 18.9 Å². The van der Waals surface area contributed by atoms with Crippen LogP contribution in [-0.4, -0.2) is 18.1 Å². The third-order valence-electron chi connectivity index (χ3n) is 4.04. The molecule has 1 saturated carbocycles. The van der Waals surface area contributed by atoms with Crippen molar-refractivity contribution in [2.45, 2.75) is 39.5 Å². The van der Waals surface area contributed by atoms with E-state index in [2.05, 4.69) is 22.5 Å². The number of pyridine rings is 1. The molecule has 0 amide bonds. The predicted molar refractivity (Wildman–Crippen MR) is 77.9 cm³/mol. The standard InChI is InChI=1S/C15H23F2N3/c1-3-7-18-14-12(16)8-13(17)15(20-14)19-9-11-6-4-5-10(11)2/h8,10-11H,3-7,9H2,1-2H3,(H2,18,19,20). The van der Waals surface area contributed by atoms with Gasteiger partial charge in [0.2, 0.25) is 0 Å². The number of rotatable bonds is 6. The molecule has 1 fully saturated rings. The van der Waals surface area contributed by atoms with E-state index in [0.29, 0.717) is 24.9 Å². The monoisotopic (exact) mass is 283 g/mol. The third-order valence-corrected chi connectivity index (χ3v) is 4.04. The van der Waals surface area contributed by atoms with Gasteiger partial charge in [0.1, 0.15) is 0 Å². The third kappa shape index (κ3) is 3.58. The molecule has 0 saturated heterocycles. The Balaban J connectivity index is 2.02. The molecule has 1 aliphatic rings. The summed E-state index contributed by atoms with van der Waals surface area (Å²) in [6.07, 6.45) is 4.49. The first-order valence-corrected chi connectivity index (χ1v) is 7.45. The van der Waals surface area contributed by atoms with Gasteiger partial charge in [0, 0.05) is 19.2 Å². The average Bonchev–Trinajstić information content (AvgIpc) is 2.82. The molecule has 1 heterocycles. The summed E-state index contributed by atoms with van der Waals surface area (Å²) >= 11 is 0. The summed E-state index contributed by atoms with van der Waals surface area (Å²) in [5, 5.41) is 5.91. The Morgan fingerprint density at radius 3 is 2.50 bits per heavy atom. The van der Waals surface area contributed by atoms with Crippen LogP contribution in [0.25, 0.3) is 0 Å². The molecule has 0 radical (unpaired) electrons. The number of hydrogen-bond donors (Lipinski definition) is 2. The van der Waals surface area contributed by atoms with Gasteiger partial charge < -0.3 is 10.6 Å². The number of halogens is 2. The van der Waals surface area contributed by atoms with E-state index in [1.54, 1.807) is 0 Å². The van der Waals surface area contributed by atoms with Crippen LogP contribution in [0.5, 0.6) is 0 Å². The van der Waals surface area contributed by atoms with Gasteiger partial charge in [-0.05, 0) is 24.7 Å². The number of hydrogen-bond acceptors (Lipinski definition) is 3. The van der Waals surface area contributed by atoms with Crippen LogP contribution in [0.3, 0.4) is 0 Å². The molecule has 0 bridgehead atoms. The van der Waals surface area contributed by atoms with Crippen molar-refractivity contribution in [3.05, 3.63) is 17.7 Å². The van der Waals surface area contributed by atoms with E-state index in [-0.39, 0.29) is 11.6 Å². The molecule has 0 aliphatic heterocycles. The van der Waals surface area contributed by atoms with E-state index < -0.39 is 11.6 Å². The first-order chi connectivity index (χ1) is 9.61. The molecule has 5 heteroatoms. The quantitative estimate of drug-likeness (QED) is 0.827. The van der Waals surface area contributed by atoms with E-state index in [1.165, 1.54) is 12.8 Å². The van der Waals surface area contributed by atoms with Crippen molar-refractivity contribution in [1.82, 2.24) is 4.98 Å². The fraction of sp³-hybridized carbons (Fsp3) is 0.667. The Bertz CT molecular complexity index is 451. The van der Waals surface area contributed by atoms with Gasteiger partial charge in [0.15, 0.2) is 23.3 Å². The Kier molecular flexibility index (Phi) is 5.15. The number of nitrogens with zero attached hydrogens (tertiary/aromatic N) is 1. The fourth-order valence-electron chi connectivity index (χ4n) is 2.71. The molecular weight excluding hydrogens is 260 g/mol. The second-order valence-corrected chi connectivity index (χ2v) is 5.63. The van der Waals surface area contributed by atoms with Crippen LogP contribution in [0.4, 0.5) is 20.4 Å². The fourth-order valence-corrected chi connectivity index (χ4v) is 2.71. The van der Waals surface area contributed by atoms with Gasteiger partial charge in [-0.15, -0.1) is 0 Å². The lowest BCUT2D eigenvalue weighted by Crippen LogP contribution is -2.18. The Morgan fingerprint density at radius 2 is 1.90 bits per heavy atom. The van der Waals surface area contributed by atoms with Crippen LogP contribution in [0.2, 0.25) is 0 Å². The topological polar surface area (TPSA) is 37.0 Å². The maximum absolute atomic E-state index is 13.7. The molecule has 2 unspecified atom stereocenters. The van der Waals surface area contributed by atoms with Gasteiger partial charge in [0.05, 0.1) is 0 Å². The zero-order chi connectivity index (χ0) is 14.5. The molecule has 2 rings (SSSR count). The molecule has 0 aromatic carbocycles. The zero-order valence-corrected chi connectivity index (χ0v) is 12.2. The Morgan fingerprint density at radius 1 is 1.20 bits per heavy atom. The molecule has 2 N–H and O–H groups in total. The summed E-state index contributed by atoms with van der Waals surface area (Å²) in [5.41, 5.74) is 0. The van der Waals surface area contributed by atoms with Crippen LogP contribution in [0, 0.1) is 23.5 Å². The van der Waals surface area contributed by atoms with Gasteiger partial charge >= 0.3 is 0 Å². The maximum atomic E-state index is 13.7. The van der Waals surface area contributed by atoms with Gasteiger partial charge in [0.25, 0.3) is 0 Å². The van der Waals surface area contributed by atoms with Crippen molar-refractivity contribution < 1.29 is 8.78 Å². The van der Waals surface area contributed by atoms with Crippen LogP contribution in [0.15, 0.2) is 6.07 Å². The van der Waals surface area contributed by atoms with Crippen molar-refractivity contribution in [1.29, 1.82) is 0 Å². The van der Waals surface area contributed by atoms with Gasteiger partial charge in [-0.2, -0.15) is 0 Å². The first-order valence-electron chi connectivity index (χ1n) is 7.45. The Hall–Kier alpha value is -1.39. The highest BCUT2D eigenvalue weighted by molar-refractivity contribution is 5.47. The Labute approximate surface area is 119 Å². The summed E-state index contributed by atoms with van der Waals surface area (Å²) in [5.74, 6) is 0.197. The van der Waals surface area contributed by atoms with Gasteiger partial charge in [-0.3, -0.25) is 0 Å². The number of aromatic nitrogens is 1. The highest BCUT2D eigenvalue weighted by atomic mass is 19.1. The van der Waals surface area contributed by atoms with Crippen molar-refractivity contribution in [3.63, 3.8) is 0 Å². The summed E-state index contributed by atoms with van der Waals surface area (Å²) in [7, 11) is 0. The predicted octanol–water partition coefficient (Wildman–Crippen LogP) is 4.03. The van der Waals surface area contributed by atoms with Crippen molar-refractivity contribution in [3.8, 4) is 0 Å². The minimum absolute atomic E-state index is 0.121. The lowest BCUT2D eigenvalue weighted by molar-refractivity contribution is 0.438. The largest absolute Gasteiger partial charge is 0.368 e. The molecular formula is C15H23F2N3. The molecule has 1 aliphatic carbocycles. The van der Waals surface area contributed by atoms with E-state index in [1.807, 2.05) is 6.92 Å². The van der Waals surface area contributed by atoms with E-state index >= 15 is 0 Å². The van der Waals surface area contributed by atoms with E-state index in [9.17, 15) is 8.78 Å². The van der Waals surface area contributed by atoms with Crippen LogP contribution < -0.4 is 10.6 Å². The van der Waals surface area contributed by atoms with Crippen LogP contribution in [0.1, 0.15) is 39.5 Å². The molecule has 20 heavy (non-hydrogen) atoms. The minimum atomic E-state index is -0.643. The second kappa shape index (κ2) is 6.86. The van der Waals surface area contributed by atoms with Crippen LogP contribution >= 0.6 is 0 Å². The molecule has 2 atom stereocenters. The van der Waals surface area contributed by atoms with Gasteiger partial charge in [-0.25, -0.2) is 13.8 Å². The minimum Gasteiger partial charge on any atom is -0.368 e. The molecule has 112 valence electrons. The lowest BCUT2D eigenvalue weighted by atomic mass is 9.98. The van der Waals surface area contributed by atoms with Crippen LogP contribution in [-0.2, 0) is 0 Å². The molecule has 1 aromatic rings. The summed E-state index contributed by atoms with van der Waals surface area (Å²) < 4.78 is 27.3. The number of anilines is 2. The second-order valence-electron chi connectivity index (χ2n) is 5.63. The first kappa shape index (κ1) is 15.0. The number of nitrogens with one attached hydrogen (secondary N) is 2. The molecule has 3 nitrogen and oxygen atoms in total. The van der Waals surface area contributed by atoms with E-state index in [4.69, 9.17) is 0 Å². The molecule has 1 aromatic heterocycles. The zero-order valence-electron chi connectivity index (χ0n) is 12.2. The highest BCUT2D eigenvalue weighted by Crippen LogP contribution is 2.31. The van der Waals surface area contributed by atoms with Gasteiger partial charge in [-0.1, -0.05) is 26.7 Å². The molecule has 0 spiro atoms. The van der Waals surface area contributed by atoms with Crippen molar-refractivity contribution >= 4 is 11.6 Å². The lowest BCUT2D eigenvalue weighted by Gasteiger charge is -2.17. The normalized spacial score (nSPS) is 22.0. The van der Waals surface area contributed by atoms with Crippen molar-refractivity contribution in [2.75, 3.05) is 23.7 Å². The maximum Gasteiger partial charge on any atom is 0.168 e. The smallest absolute Gasteiger partial charge is 0.168 e. The summed E-state index contributed by atoms with van der Waals surface area (Å²) in [6.45, 7) is 5.52. The SMILES string of the molecule is CCCNc1nc(NCC2CCCC2C)c(F)cc1F. The van der Waals surface area contributed by atoms with Crippen molar-refractivity contribution in [2.24, 2.45) is 11.8 Å².